The third-order valence-electron chi connectivity index (χ3n) is 9.32. The molecule has 64 heavy (non-hydrogen) atoms. The molecule has 10 aromatic rings. The van der Waals surface area contributed by atoms with Gasteiger partial charge in [-0.1, -0.05) is 59.6 Å². The number of carbonyl (C=O) groups is 4. The highest BCUT2D eigenvalue weighted by Gasteiger charge is 2.19. The first kappa shape index (κ1) is 43.6. The smallest absolute Gasteiger partial charge is 0.310 e. The third-order valence-corrected chi connectivity index (χ3v) is 9.76. The second-order valence-electron chi connectivity index (χ2n) is 13.4. The molecule has 8 aromatic heterocycles. The van der Waals surface area contributed by atoms with Crippen LogP contribution in [0.2, 0.25) is 10.3 Å². The number of anilines is 2. The Balaban J connectivity index is 0.000000159. The molecule has 2 aromatic carbocycles. The second kappa shape index (κ2) is 18.6. The summed E-state index contributed by atoms with van der Waals surface area (Å²) in [6.07, 6.45) is 7.21. The number of carboxylic acid groups (broad SMARTS) is 1. The quantitative estimate of drug-likeness (QED) is 0.0729. The summed E-state index contributed by atoms with van der Waals surface area (Å²) in [7, 11) is 0. The van der Waals surface area contributed by atoms with Crippen LogP contribution in [-0.2, 0) is 23.9 Å². The van der Waals surface area contributed by atoms with E-state index in [2.05, 4.69) is 20.0 Å². The predicted octanol–water partition coefficient (Wildman–Crippen LogP) is 6.63. The van der Waals surface area contributed by atoms with Gasteiger partial charge in [0.15, 0.2) is 11.3 Å². The van der Waals surface area contributed by atoms with Gasteiger partial charge in [-0.15, -0.1) is 0 Å². The zero-order valence-electron chi connectivity index (χ0n) is 33.4. The van der Waals surface area contributed by atoms with Gasteiger partial charge in [0.25, 0.3) is 17.6 Å². The fourth-order valence-electron chi connectivity index (χ4n) is 6.89. The van der Waals surface area contributed by atoms with Gasteiger partial charge in [-0.3, -0.25) is 46.7 Å². The number of hydrogen-bond donors (Lipinski definition) is 3. The lowest BCUT2D eigenvalue weighted by Gasteiger charge is -2.11. The van der Waals surface area contributed by atoms with Gasteiger partial charge >= 0.3 is 11.9 Å². The van der Waals surface area contributed by atoms with E-state index in [0.717, 1.165) is 16.3 Å². The van der Waals surface area contributed by atoms with Crippen LogP contribution in [0.25, 0.3) is 66.5 Å². The van der Waals surface area contributed by atoms with Crippen LogP contribution in [0.15, 0.2) is 131 Å². The number of pyridine rings is 6. The third kappa shape index (κ3) is 8.67. The maximum Gasteiger partial charge on any atom is 0.310 e. The second-order valence-corrected chi connectivity index (χ2v) is 14.2. The Bertz CT molecular complexity index is 3540. The Morgan fingerprint density at radius 3 is 1.50 bits per heavy atom. The van der Waals surface area contributed by atoms with Crippen molar-refractivity contribution in [1.82, 2.24) is 37.9 Å². The number of esters is 2. The molecular weight excluding hydrogens is 867 g/mol. The van der Waals surface area contributed by atoms with E-state index in [1.54, 1.807) is 92.9 Å². The van der Waals surface area contributed by atoms with Gasteiger partial charge in [0.05, 0.1) is 29.5 Å². The van der Waals surface area contributed by atoms with Gasteiger partial charge in [-0.05, 0) is 60.7 Å². The lowest BCUT2D eigenvalue weighted by atomic mass is 10.1. The van der Waals surface area contributed by atoms with E-state index in [1.807, 2.05) is 46.9 Å². The molecule has 320 valence electrons. The Labute approximate surface area is 369 Å². The van der Waals surface area contributed by atoms with Gasteiger partial charge in [0.1, 0.15) is 32.6 Å². The molecule has 20 heteroatoms. The van der Waals surface area contributed by atoms with Gasteiger partial charge in [-0.2, -0.15) is 0 Å². The minimum Gasteiger partial charge on any atom is -0.483 e. The first-order valence-electron chi connectivity index (χ1n) is 18.7. The van der Waals surface area contributed by atoms with Crippen molar-refractivity contribution in [2.24, 2.45) is 0 Å². The zero-order chi connectivity index (χ0) is 45.7. The molecule has 0 spiro atoms. The molecule has 0 saturated heterocycles. The van der Waals surface area contributed by atoms with Crippen molar-refractivity contribution in [3.63, 3.8) is 0 Å². The van der Waals surface area contributed by atoms with Crippen molar-refractivity contribution in [3.8, 4) is 11.4 Å². The van der Waals surface area contributed by atoms with Crippen molar-refractivity contribution < 1.29 is 29.0 Å². The van der Waals surface area contributed by atoms with E-state index < -0.39 is 11.9 Å². The lowest BCUT2D eigenvalue weighted by Crippen LogP contribution is -2.20. The number of aromatic nitrogens is 8. The standard InChI is InChI=1S/C20H12ClN5O2.C19H12ClN5O.C4H6O3.CH2O2/c21-16-7-6-13(9-22-16)26-19-18(14-3-1-2-4-15(14)20(26)28)24-17-8-5-12(23-11-27)10-25(17)19;20-15-7-6-12(9-22-15)25-18-17(13-3-1-2-4-14(13)19(25)26)23-16-8-5-11(21)10-24(16)18;1-3(5)7-4(2)6;2-1-3/h1-11H,(H,23,27);1-10H,21H2;1-2H3;1H,(H,2,3). The summed E-state index contributed by atoms with van der Waals surface area (Å²) in [5.41, 5.74) is 11.9. The Hall–Kier alpha value is -8.48. The lowest BCUT2D eigenvalue weighted by molar-refractivity contribution is -0.156. The number of nitrogen functional groups attached to an aromatic ring is 1. The molecule has 0 radical (unpaired) electrons. The minimum atomic E-state index is -0.562. The molecule has 4 N–H and O–H groups in total. The number of halogens is 2. The SMILES string of the molecule is CC(=O)OC(C)=O.Nc1ccc2nc3c4ccccc4c(=O)n(-c4ccc(Cl)nc4)c3n2c1.O=CNc1ccc2nc3c4ccccc4c(=O)n(-c4ccc(Cl)nc4)c3n2c1.O=CO. The molecule has 0 unspecified atom stereocenters. The van der Waals surface area contributed by atoms with Crippen LogP contribution in [0, 0.1) is 0 Å². The molecule has 1 amide bonds. The summed E-state index contributed by atoms with van der Waals surface area (Å²) in [4.78, 5) is 83.2. The number of imidazole rings is 2. The molecule has 18 nitrogen and oxygen atoms in total. The van der Waals surface area contributed by atoms with Gasteiger partial charge in [0.2, 0.25) is 6.41 Å². The van der Waals surface area contributed by atoms with E-state index in [9.17, 15) is 24.0 Å². The number of nitrogens with zero attached hydrogens (tertiary/aromatic N) is 8. The van der Waals surface area contributed by atoms with Gasteiger partial charge < -0.3 is 20.9 Å². The zero-order valence-corrected chi connectivity index (χ0v) is 34.9. The number of hydrogen-bond acceptors (Lipinski definition) is 12. The van der Waals surface area contributed by atoms with Crippen LogP contribution in [0.4, 0.5) is 11.4 Å². The summed E-state index contributed by atoms with van der Waals surface area (Å²) >= 11 is 11.8. The molecule has 8 heterocycles. The highest BCUT2D eigenvalue weighted by Crippen LogP contribution is 2.28. The maximum atomic E-state index is 13.4. The number of ether oxygens (including phenoxy) is 1. The van der Waals surface area contributed by atoms with Crippen molar-refractivity contribution in [2.75, 3.05) is 11.1 Å². The molecule has 0 aliphatic heterocycles. The molecular formula is C44H32Cl2N10O8. The highest BCUT2D eigenvalue weighted by molar-refractivity contribution is 6.29. The number of benzene rings is 2. The molecule has 0 saturated carbocycles. The van der Waals surface area contributed by atoms with Crippen LogP contribution in [-0.4, -0.2) is 67.8 Å². The monoisotopic (exact) mass is 898 g/mol. The Morgan fingerprint density at radius 1 is 0.656 bits per heavy atom. The van der Waals surface area contributed by atoms with Crippen LogP contribution in [0.3, 0.4) is 0 Å². The van der Waals surface area contributed by atoms with Crippen molar-refractivity contribution >= 4 is 115 Å². The number of nitrogens with one attached hydrogen (secondary N) is 1. The predicted molar refractivity (Wildman–Crippen MR) is 242 cm³/mol. The van der Waals surface area contributed by atoms with E-state index in [4.69, 9.17) is 48.8 Å². The van der Waals surface area contributed by atoms with Crippen LogP contribution in [0.5, 0.6) is 0 Å². The number of amides is 1. The van der Waals surface area contributed by atoms with Crippen LogP contribution in [0.1, 0.15) is 13.8 Å². The Kier molecular flexibility index (Phi) is 12.7. The molecule has 0 bridgehead atoms. The molecule has 10 rings (SSSR count). The largest absolute Gasteiger partial charge is 0.483 e. The normalized spacial score (nSPS) is 10.7. The fourth-order valence-corrected chi connectivity index (χ4v) is 7.11. The van der Waals surface area contributed by atoms with E-state index >= 15 is 0 Å². The van der Waals surface area contributed by atoms with Crippen molar-refractivity contribution in [1.29, 1.82) is 0 Å². The first-order chi connectivity index (χ1) is 30.8. The summed E-state index contributed by atoms with van der Waals surface area (Å²) in [6, 6.07) is 28.7. The number of carbonyl (C=O) groups excluding carboxylic acids is 3. The first-order valence-corrected chi connectivity index (χ1v) is 19.5. The average Bonchev–Trinajstić information content (AvgIpc) is 3.84. The number of rotatable bonds is 4. The number of fused-ring (bicyclic) bond motifs is 10. The molecule has 0 atom stereocenters. The molecule has 0 aliphatic rings. The van der Waals surface area contributed by atoms with Crippen molar-refractivity contribution in [2.45, 2.75) is 13.8 Å². The Morgan fingerprint density at radius 2 is 1.09 bits per heavy atom. The van der Waals surface area contributed by atoms with Gasteiger partial charge in [0, 0.05) is 53.5 Å². The van der Waals surface area contributed by atoms with E-state index in [0.29, 0.717) is 78.3 Å². The van der Waals surface area contributed by atoms with Crippen LogP contribution >= 0.6 is 23.2 Å². The summed E-state index contributed by atoms with van der Waals surface area (Å²) in [6.45, 7) is 2.11. The highest BCUT2D eigenvalue weighted by atomic mass is 35.5. The van der Waals surface area contributed by atoms with Crippen molar-refractivity contribution in [3.05, 3.63) is 153 Å². The average molecular weight is 900 g/mol. The fraction of sp³-hybridized carbons (Fsp3) is 0.0455. The molecule has 0 aliphatic carbocycles. The summed E-state index contributed by atoms with van der Waals surface area (Å²) in [5, 5.41) is 12.9. The number of nitrogens with two attached hydrogens (primary N) is 1. The van der Waals surface area contributed by atoms with E-state index in [1.165, 1.54) is 13.8 Å². The van der Waals surface area contributed by atoms with E-state index in [-0.39, 0.29) is 17.6 Å². The molecule has 0 fully saturated rings. The van der Waals surface area contributed by atoms with Crippen LogP contribution < -0.4 is 22.2 Å². The topological polar surface area (TPSA) is 240 Å². The minimum absolute atomic E-state index is 0.151. The summed E-state index contributed by atoms with van der Waals surface area (Å²) < 4.78 is 10.7. The summed E-state index contributed by atoms with van der Waals surface area (Å²) in [5.74, 6) is -1.12. The van der Waals surface area contributed by atoms with Gasteiger partial charge in [-0.25, -0.2) is 19.9 Å². The maximum absolute atomic E-state index is 13.4.